The molecule has 31 heavy (non-hydrogen) atoms. The minimum absolute atomic E-state index is 0.231. The van der Waals surface area contributed by atoms with Crippen molar-refractivity contribution >= 4 is 23.0 Å². The predicted octanol–water partition coefficient (Wildman–Crippen LogP) is 2.94. The van der Waals surface area contributed by atoms with Crippen LogP contribution in [-0.2, 0) is 20.1 Å². The third kappa shape index (κ3) is 5.11. The van der Waals surface area contributed by atoms with E-state index in [4.69, 9.17) is 12.2 Å². The van der Waals surface area contributed by atoms with Gasteiger partial charge in [0.15, 0.2) is 5.11 Å². The Morgan fingerprint density at radius 2 is 1.77 bits per heavy atom. The second-order valence-corrected chi connectivity index (χ2v) is 8.43. The Morgan fingerprint density at radius 3 is 2.42 bits per heavy atom. The normalized spacial score (nSPS) is 14.8. The first-order valence-corrected chi connectivity index (χ1v) is 10.8. The minimum Gasteiger partial charge on any atom is -0.346 e. The number of benzene rings is 1. The molecular formula is C22H28FN7S. The van der Waals surface area contributed by atoms with Crippen LogP contribution in [0.4, 0.5) is 10.1 Å². The van der Waals surface area contributed by atoms with E-state index in [9.17, 15) is 4.39 Å². The lowest BCUT2D eigenvalue weighted by molar-refractivity contribution is 0.177. The number of rotatable bonds is 5. The number of thiocarbonyl (C=S) groups is 1. The maximum atomic E-state index is 13.2. The molecule has 1 N–H and O–H groups in total. The van der Waals surface area contributed by atoms with E-state index in [0.29, 0.717) is 6.54 Å². The van der Waals surface area contributed by atoms with Crippen molar-refractivity contribution in [3.8, 4) is 0 Å². The van der Waals surface area contributed by atoms with Gasteiger partial charge in [-0.05, 0) is 43.8 Å². The summed E-state index contributed by atoms with van der Waals surface area (Å²) in [6, 6.07) is 6.52. The van der Waals surface area contributed by atoms with Crippen LogP contribution in [0.2, 0.25) is 0 Å². The van der Waals surface area contributed by atoms with E-state index in [1.165, 1.54) is 17.7 Å². The molecule has 0 saturated carbocycles. The van der Waals surface area contributed by atoms with E-state index in [0.717, 1.165) is 60.5 Å². The quantitative estimate of drug-likeness (QED) is 0.615. The van der Waals surface area contributed by atoms with Gasteiger partial charge in [-0.2, -0.15) is 10.2 Å². The molecule has 2 aromatic heterocycles. The highest BCUT2D eigenvalue weighted by Gasteiger charge is 2.21. The maximum absolute atomic E-state index is 13.2. The zero-order valence-electron chi connectivity index (χ0n) is 18.2. The molecule has 1 aliphatic heterocycles. The summed E-state index contributed by atoms with van der Waals surface area (Å²) in [5, 5.41) is 13.0. The van der Waals surface area contributed by atoms with Crippen LogP contribution < -0.4 is 5.32 Å². The Kier molecular flexibility index (Phi) is 6.33. The molecule has 3 heterocycles. The first-order valence-electron chi connectivity index (χ1n) is 10.4. The molecule has 3 aromatic rings. The first-order chi connectivity index (χ1) is 14.9. The summed E-state index contributed by atoms with van der Waals surface area (Å²) in [5.74, 6) is -0.231. The van der Waals surface area contributed by atoms with Gasteiger partial charge in [0, 0.05) is 51.5 Å². The molecule has 0 spiro atoms. The van der Waals surface area contributed by atoms with Gasteiger partial charge >= 0.3 is 0 Å². The minimum atomic E-state index is -0.231. The van der Waals surface area contributed by atoms with Gasteiger partial charge in [0.25, 0.3) is 0 Å². The molecule has 0 unspecified atom stereocenters. The van der Waals surface area contributed by atoms with Crippen LogP contribution in [0.15, 0.2) is 36.7 Å². The molecule has 0 bridgehead atoms. The van der Waals surface area contributed by atoms with Crippen LogP contribution in [0, 0.1) is 19.7 Å². The largest absolute Gasteiger partial charge is 0.346 e. The predicted molar refractivity (Wildman–Crippen MR) is 123 cm³/mol. The van der Waals surface area contributed by atoms with E-state index in [1.807, 2.05) is 36.5 Å². The first kappa shape index (κ1) is 21.5. The number of nitrogens with zero attached hydrogens (tertiary/aromatic N) is 6. The summed E-state index contributed by atoms with van der Waals surface area (Å²) in [6.45, 7) is 9.19. The molecular weight excluding hydrogens is 413 g/mol. The van der Waals surface area contributed by atoms with Crippen molar-refractivity contribution in [1.82, 2.24) is 29.4 Å². The highest BCUT2D eigenvalue weighted by molar-refractivity contribution is 7.80. The summed E-state index contributed by atoms with van der Waals surface area (Å²) < 4.78 is 16.9. The van der Waals surface area contributed by atoms with Gasteiger partial charge in [-0.3, -0.25) is 14.3 Å². The summed E-state index contributed by atoms with van der Waals surface area (Å²) in [4.78, 5) is 4.64. The third-order valence-corrected chi connectivity index (χ3v) is 6.04. The maximum Gasteiger partial charge on any atom is 0.173 e. The molecule has 9 heteroatoms. The molecule has 0 aliphatic carbocycles. The fraction of sp³-hybridized carbons (Fsp3) is 0.409. The van der Waals surface area contributed by atoms with Crippen LogP contribution in [0.1, 0.15) is 22.5 Å². The summed E-state index contributed by atoms with van der Waals surface area (Å²) in [5.41, 5.74) is 5.10. The number of anilines is 1. The fourth-order valence-electron chi connectivity index (χ4n) is 3.90. The molecule has 0 atom stereocenters. The molecule has 164 valence electrons. The van der Waals surface area contributed by atoms with E-state index in [-0.39, 0.29) is 5.82 Å². The van der Waals surface area contributed by atoms with Crippen molar-refractivity contribution in [2.75, 3.05) is 31.5 Å². The molecule has 1 saturated heterocycles. The topological polar surface area (TPSA) is 54.2 Å². The van der Waals surface area contributed by atoms with E-state index < -0.39 is 0 Å². The average molecular weight is 442 g/mol. The standard InChI is InChI=1S/C22H28FN7S/c1-16-21(17(2)30(26-16)15-18-4-6-20(23)7-5-18)25-22(31)29-10-8-28(9-11-29)14-19-12-24-27(3)13-19/h4-7,12-13H,8-11,14-15H2,1-3H3,(H,25,31). The Balaban J connectivity index is 1.34. The van der Waals surface area contributed by atoms with Crippen molar-refractivity contribution in [3.63, 3.8) is 0 Å². The van der Waals surface area contributed by atoms with Crippen molar-refractivity contribution in [2.45, 2.75) is 26.9 Å². The van der Waals surface area contributed by atoms with Gasteiger partial charge in [0.1, 0.15) is 5.82 Å². The van der Waals surface area contributed by atoms with Crippen molar-refractivity contribution in [2.24, 2.45) is 7.05 Å². The Bertz CT molecular complexity index is 1050. The third-order valence-electron chi connectivity index (χ3n) is 5.68. The van der Waals surface area contributed by atoms with E-state index in [2.05, 4.69) is 31.5 Å². The number of hydrogen-bond donors (Lipinski definition) is 1. The highest BCUT2D eigenvalue weighted by atomic mass is 32.1. The SMILES string of the molecule is Cc1nn(Cc2ccc(F)cc2)c(C)c1NC(=S)N1CCN(Cc2cnn(C)c2)CC1. The van der Waals surface area contributed by atoms with Crippen LogP contribution in [-0.4, -0.2) is 60.7 Å². The lowest BCUT2D eigenvalue weighted by Gasteiger charge is -2.36. The summed E-state index contributed by atoms with van der Waals surface area (Å²) in [7, 11) is 1.94. The molecule has 1 aromatic carbocycles. The van der Waals surface area contributed by atoms with E-state index in [1.54, 1.807) is 12.1 Å². The van der Waals surface area contributed by atoms with Gasteiger partial charge < -0.3 is 10.2 Å². The molecule has 4 rings (SSSR count). The average Bonchev–Trinajstić information content (AvgIpc) is 3.27. The lowest BCUT2D eigenvalue weighted by Crippen LogP contribution is -2.49. The van der Waals surface area contributed by atoms with Gasteiger partial charge in [-0.15, -0.1) is 0 Å². The Morgan fingerprint density at radius 1 is 1.06 bits per heavy atom. The Labute approximate surface area is 187 Å². The van der Waals surface area contributed by atoms with Crippen LogP contribution in [0.3, 0.4) is 0 Å². The second-order valence-electron chi connectivity index (χ2n) is 8.05. The lowest BCUT2D eigenvalue weighted by atomic mass is 10.2. The van der Waals surface area contributed by atoms with Crippen LogP contribution in [0.5, 0.6) is 0 Å². The Hall–Kier alpha value is -2.78. The van der Waals surface area contributed by atoms with E-state index >= 15 is 0 Å². The van der Waals surface area contributed by atoms with Gasteiger partial charge in [0.05, 0.1) is 29.8 Å². The molecule has 1 fully saturated rings. The molecule has 0 amide bonds. The number of nitrogens with one attached hydrogen (secondary N) is 1. The number of hydrogen-bond acceptors (Lipinski definition) is 4. The van der Waals surface area contributed by atoms with Crippen molar-refractivity contribution in [1.29, 1.82) is 0 Å². The molecule has 1 aliphatic rings. The fourth-order valence-corrected chi connectivity index (χ4v) is 4.19. The smallest absolute Gasteiger partial charge is 0.173 e. The zero-order valence-corrected chi connectivity index (χ0v) is 19.0. The van der Waals surface area contributed by atoms with Crippen LogP contribution in [0.25, 0.3) is 0 Å². The van der Waals surface area contributed by atoms with Crippen LogP contribution >= 0.6 is 12.2 Å². The molecule has 0 radical (unpaired) electrons. The van der Waals surface area contributed by atoms with Gasteiger partial charge in [0.2, 0.25) is 0 Å². The number of halogens is 1. The monoisotopic (exact) mass is 441 g/mol. The number of aromatic nitrogens is 4. The van der Waals surface area contributed by atoms with Gasteiger partial charge in [-0.25, -0.2) is 4.39 Å². The zero-order chi connectivity index (χ0) is 22.0. The van der Waals surface area contributed by atoms with Crippen molar-refractivity contribution in [3.05, 3.63) is 65.0 Å². The second kappa shape index (κ2) is 9.15. The number of piperazine rings is 1. The highest BCUT2D eigenvalue weighted by Crippen LogP contribution is 2.21. The molecule has 7 nitrogen and oxygen atoms in total. The summed E-state index contributed by atoms with van der Waals surface area (Å²) in [6.07, 6.45) is 3.99. The number of aryl methyl sites for hydroxylation is 2. The van der Waals surface area contributed by atoms with Gasteiger partial charge in [-0.1, -0.05) is 12.1 Å². The summed E-state index contributed by atoms with van der Waals surface area (Å²) >= 11 is 5.70. The van der Waals surface area contributed by atoms with Crippen molar-refractivity contribution < 1.29 is 4.39 Å².